The average Bonchev–Trinajstić information content (AvgIpc) is 3.11. The number of carbonyl (C=O) groups is 2. The Bertz CT molecular complexity index is 948. The van der Waals surface area contributed by atoms with Crippen LogP contribution in [0.4, 0.5) is 5.13 Å². The molecular weight excluding hydrogens is 344 g/mol. The SMILES string of the molecule is CC(=O)Nc1nc(COC(=O)Cc2nc3nc(C)cc(C)n3n2)cs1. The summed E-state index contributed by atoms with van der Waals surface area (Å²) in [6.07, 6.45) is -0.0511. The van der Waals surface area contributed by atoms with Gasteiger partial charge in [0.15, 0.2) is 11.0 Å². The molecule has 0 spiro atoms. The van der Waals surface area contributed by atoms with Crippen molar-refractivity contribution >= 4 is 34.1 Å². The number of nitrogens with zero attached hydrogens (tertiary/aromatic N) is 5. The Morgan fingerprint density at radius 2 is 2.08 bits per heavy atom. The van der Waals surface area contributed by atoms with Crippen LogP contribution >= 0.6 is 11.3 Å². The van der Waals surface area contributed by atoms with Gasteiger partial charge < -0.3 is 10.1 Å². The summed E-state index contributed by atoms with van der Waals surface area (Å²) < 4.78 is 6.78. The Morgan fingerprint density at radius 1 is 1.28 bits per heavy atom. The zero-order valence-corrected chi connectivity index (χ0v) is 14.8. The van der Waals surface area contributed by atoms with E-state index in [-0.39, 0.29) is 18.9 Å². The van der Waals surface area contributed by atoms with E-state index in [0.29, 0.717) is 22.4 Å². The summed E-state index contributed by atoms with van der Waals surface area (Å²) in [7, 11) is 0. The van der Waals surface area contributed by atoms with Gasteiger partial charge in [-0.15, -0.1) is 16.4 Å². The molecule has 3 aromatic heterocycles. The monoisotopic (exact) mass is 360 g/mol. The van der Waals surface area contributed by atoms with Gasteiger partial charge in [-0.05, 0) is 19.9 Å². The van der Waals surface area contributed by atoms with Crippen molar-refractivity contribution in [2.24, 2.45) is 0 Å². The number of rotatable bonds is 5. The summed E-state index contributed by atoms with van der Waals surface area (Å²) in [6.45, 7) is 5.20. The molecule has 0 fully saturated rings. The number of anilines is 1. The molecule has 10 heteroatoms. The second-order valence-corrected chi connectivity index (χ2v) is 6.30. The van der Waals surface area contributed by atoms with E-state index >= 15 is 0 Å². The van der Waals surface area contributed by atoms with Gasteiger partial charge in [0, 0.05) is 23.7 Å². The smallest absolute Gasteiger partial charge is 0.313 e. The minimum Gasteiger partial charge on any atom is -0.459 e. The summed E-state index contributed by atoms with van der Waals surface area (Å²) in [4.78, 5) is 35.6. The zero-order valence-electron chi connectivity index (χ0n) is 13.9. The molecule has 0 bridgehead atoms. The lowest BCUT2D eigenvalue weighted by Crippen LogP contribution is -2.10. The number of esters is 1. The van der Waals surface area contributed by atoms with Crippen LogP contribution < -0.4 is 5.32 Å². The summed E-state index contributed by atoms with van der Waals surface area (Å²) in [6, 6.07) is 1.89. The third-order valence-electron chi connectivity index (χ3n) is 3.18. The van der Waals surface area contributed by atoms with Gasteiger partial charge in [0.05, 0.1) is 5.69 Å². The maximum Gasteiger partial charge on any atom is 0.313 e. The van der Waals surface area contributed by atoms with Gasteiger partial charge in [0.25, 0.3) is 5.78 Å². The van der Waals surface area contributed by atoms with Gasteiger partial charge in [0.2, 0.25) is 5.91 Å². The summed E-state index contributed by atoms with van der Waals surface area (Å²) >= 11 is 1.27. The Labute approximate surface area is 147 Å². The van der Waals surface area contributed by atoms with E-state index in [2.05, 4.69) is 25.4 Å². The first-order valence-corrected chi connectivity index (χ1v) is 8.36. The molecule has 0 saturated carbocycles. The quantitative estimate of drug-likeness (QED) is 0.685. The van der Waals surface area contributed by atoms with Gasteiger partial charge in [-0.2, -0.15) is 4.98 Å². The molecule has 1 N–H and O–H groups in total. The number of ether oxygens (including phenoxy) is 1. The normalized spacial score (nSPS) is 10.8. The van der Waals surface area contributed by atoms with Crippen molar-refractivity contribution in [2.45, 2.75) is 33.8 Å². The third-order valence-corrected chi connectivity index (χ3v) is 3.99. The van der Waals surface area contributed by atoms with Crippen molar-refractivity contribution in [1.82, 2.24) is 24.6 Å². The first-order chi connectivity index (χ1) is 11.9. The summed E-state index contributed by atoms with van der Waals surface area (Å²) in [5.41, 5.74) is 2.30. The van der Waals surface area contributed by atoms with Crippen LogP contribution in [-0.2, 0) is 27.4 Å². The Morgan fingerprint density at radius 3 is 2.84 bits per heavy atom. The molecule has 1 amide bonds. The van der Waals surface area contributed by atoms with E-state index in [9.17, 15) is 9.59 Å². The van der Waals surface area contributed by atoms with Gasteiger partial charge in [-0.3, -0.25) is 9.59 Å². The number of hydrogen-bond donors (Lipinski definition) is 1. The van der Waals surface area contributed by atoms with Crippen LogP contribution in [0.25, 0.3) is 5.78 Å². The molecule has 130 valence electrons. The highest BCUT2D eigenvalue weighted by molar-refractivity contribution is 7.13. The number of nitrogens with one attached hydrogen (secondary N) is 1. The molecule has 0 aromatic carbocycles. The fraction of sp³-hybridized carbons (Fsp3) is 0.333. The molecule has 3 heterocycles. The summed E-state index contributed by atoms with van der Waals surface area (Å²) in [5.74, 6) is 0.150. The second kappa shape index (κ2) is 6.93. The molecule has 0 atom stereocenters. The molecular formula is C15H16N6O3S. The standard InChI is InChI=1S/C15H16N6O3S/c1-8-4-9(2)21-14(16-8)19-12(20-21)5-13(23)24-6-11-7-25-15(18-11)17-10(3)22/h4,7H,5-6H2,1-3H3,(H,17,18,22). The number of hydrogen-bond acceptors (Lipinski definition) is 8. The lowest BCUT2D eigenvalue weighted by Gasteiger charge is -2.00. The topological polar surface area (TPSA) is 111 Å². The van der Waals surface area contributed by atoms with Crippen molar-refractivity contribution in [2.75, 3.05) is 5.32 Å². The van der Waals surface area contributed by atoms with Gasteiger partial charge in [-0.25, -0.2) is 14.5 Å². The number of amides is 1. The molecule has 0 unspecified atom stereocenters. The lowest BCUT2D eigenvalue weighted by atomic mass is 10.4. The highest BCUT2D eigenvalue weighted by atomic mass is 32.1. The largest absolute Gasteiger partial charge is 0.459 e. The van der Waals surface area contributed by atoms with Crippen molar-refractivity contribution in [3.8, 4) is 0 Å². The van der Waals surface area contributed by atoms with Crippen LogP contribution in [0.2, 0.25) is 0 Å². The molecule has 25 heavy (non-hydrogen) atoms. The molecule has 0 aliphatic heterocycles. The number of thiazole rings is 1. The molecule has 0 radical (unpaired) electrons. The number of aryl methyl sites for hydroxylation is 2. The number of carbonyl (C=O) groups excluding carboxylic acids is 2. The predicted molar refractivity (Wildman–Crippen MR) is 90.2 cm³/mol. The van der Waals surface area contributed by atoms with E-state index in [1.807, 2.05) is 19.9 Å². The third kappa shape index (κ3) is 4.15. The first kappa shape index (κ1) is 17.0. The van der Waals surface area contributed by atoms with Gasteiger partial charge in [0.1, 0.15) is 13.0 Å². The average molecular weight is 360 g/mol. The predicted octanol–water partition coefficient (Wildman–Crippen LogP) is 1.44. The summed E-state index contributed by atoms with van der Waals surface area (Å²) in [5, 5.41) is 9.03. The Hall–Kier alpha value is -2.88. The van der Waals surface area contributed by atoms with Crippen LogP contribution in [-0.4, -0.2) is 36.4 Å². The second-order valence-electron chi connectivity index (χ2n) is 5.44. The van der Waals surface area contributed by atoms with E-state index in [0.717, 1.165) is 11.4 Å². The molecule has 0 saturated heterocycles. The molecule has 3 rings (SSSR count). The van der Waals surface area contributed by atoms with Crippen molar-refractivity contribution in [3.63, 3.8) is 0 Å². The van der Waals surface area contributed by atoms with Crippen LogP contribution in [0.3, 0.4) is 0 Å². The number of fused-ring (bicyclic) bond motifs is 1. The van der Waals surface area contributed by atoms with Crippen LogP contribution in [0.5, 0.6) is 0 Å². The van der Waals surface area contributed by atoms with Gasteiger partial charge in [-0.1, -0.05) is 0 Å². The zero-order chi connectivity index (χ0) is 18.0. The molecule has 3 aromatic rings. The highest BCUT2D eigenvalue weighted by Gasteiger charge is 2.13. The maximum absolute atomic E-state index is 12.0. The van der Waals surface area contributed by atoms with Crippen molar-refractivity contribution < 1.29 is 14.3 Å². The minimum atomic E-state index is -0.459. The van der Waals surface area contributed by atoms with Crippen LogP contribution in [0.1, 0.15) is 29.8 Å². The van der Waals surface area contributed by atoms with Gasteiger partial charge >= 0.3 is 5.97 Å². The molecule has 0 aliphatic rings. The fourth-order valence-corrected chi connectivity index (χ4v) is 2.94. The minimum absolute atomic E-state index is 0.0265. The van der Waals surface area contributed by atoms with Crippen molar-refractivity contribution in [1.29, 1.82) is 0 Å². The maximum atomic E-state index is 12.0. The molecule has 0 aliphatic carbocycles. The van der Waals surface area contributed by atoms with Crippen molar-refractivity contribution in [3.05, 3.63) is 34.4 Å². The Kier molecular flexibility index (Phi) is 4.70. The van der Waals surface area contributed by atoms with E-state index < -0.39 is 5.97 Å². The fourth-order valence-electron chi connectivity index (χ4n) is 2.20. The molecule has 9 nitrogen and oxygen atoms in total. The van der Waals surface area contributed by atoms with E-state index in [1.165, 1.54) is 18.3 Å². The van der Waals surface area contributed by atoms with E-state index in [4.69, 9.17) is 4.74 Å². The Balaban J connectivity index is 1.60. The van der Waals surface area contributed by atoms with E-state index in [1.54, 1.807) is 9.90 Å². The highest BCUT2D eigenvalue weighted by Crippen LogP contribution is 2.16. The lowest BCUT2D eigenvalue weighted by molar-refractivity contribution is -0.144. The first-order valence-electron chi connectivity index (χ1n) is 7.48. The van der Waals surface area contributed by atoms with Crippen LogP contribution in [0.15, 0.2) is 11.4 Å². The number of aromatic nitrogens is 5. The van der Waals surface area contributed by atoms with Crippen LogP contribution in [0, 0.1) is 13.8 Å².